The van der Waals surface area contributed by atoms with Crippen LogP contribution in [0.5, 0.6) is 0 Å². The Morgan fingerprint density at radius 3 is 2.13 bits per heavy atom. The zero-order chi connectivity index (χ0) is 16.5. The second-order valence-corrected chi connectivity index (χ2v) is 5.43. The first kappa shape index (κ1) is 17.2. The van der Waals surface area contributed by atoms with Gasteiger partial charge in [-0.25, -0.2) is 0 Å². The average Bonchev–Trinajstić information content (AvgIpc) is 2.65. The zero-order valence-electron chi connectivity index (χ0n) is 14.1. The molecule has 0 unspecified atom stereocenters. The Kier molecular flexibility index (Phi) is 6.82. The molecular weight excluding hydrogens is 284 g/mol. The van der Waals surface area contributed by atoms with Gasteiger partial charge in [-0.15, -0.1) is 0 Å². The number of rotatable bonds is 4. The van der Waals surface area contributed by atoms with Crippen molar-refractivity contribution in [2.45, 2.75) is 20.4 Å². The van der Waals surface area contributed by atoms with E-state index in [1.807, 2.05) is 38.1 Å². The summed E-state index contributed by atoms with van der Waals surface area (Å²) in [4.78, 5) is 15.9. The summed E-state index contributed by atoms with van der Waals surface area (Å²) in [6.45, 7) is 9.00. The maximum atomic E-state index is 11.1. The predicted octanol–water partition coefficient (Wildman–Crippen LogP) is 3.85. The molecule has 122 valence electrons. The Balaban J connectivity index is 0.000000924. The number of aldehydes is 1. The molecule has 1 aliphatic rings. The monoisotopic (exact) mass is 310 g/mol. The third kappa shape index (κ3) is 4.67. The van der Waals surface area contributed by atoms with Crippen LogP contribution in [0.2, 0.25) is 0 Å². The smallest absolute Gasteiger partial charge is 0.152 e. The molecule has 3 nitrogen and oxygen atoms in total. The van der Waals surface area contributed by atoms with Crippen molar-refractivity contribution in [3.05, 3.63) is 65.7 Å². The third-order valence-corrected chi connectivity index (χ3v) is 4.03. The summed E-state index contributed by atoms with van der Waals surface area (Å²) in [5.74, 6) is 0. The lowest BCUT2D eigenvalue weighted by atomic mass is 10.1. The van der Waals surface area contributed by atoms with Crippen molar-refractivity contribution in [2.75, 3.05) is 31.1 Å². The first-order chi connectivity index (χ1) is 11.4. The van der Waals surface area contributed by atoms with Crippen molar-refractivity contribution in [1.82, 2.24) is 4.90 Å². The van der Waals surface area contributed by atoms with Gasteiger partial charge < -0.3 is 4.90 Å². The third-order valence-electron chi connectivity index (χ3n) is 4.03. The molecule has 0 aliphatic carbocycles. The highest BCUT2D eigenvalue weighted by atomic mass is 16.1. The fourth-order valence-electron chi connectivity index (χ4n) is 2.86. The van der Waals surface area contributed by atoms with E-state index in [1.54, 1.807) is 0 Å². The van der Waals surface area contributed by atoms with Gasteiger partial charge >= 0.3 is 0 Å². The van der Waals surface area contributed by atoms with Crippen LogP contribution in [0.4, 0.5) is 5.69 Å². The van der Waals surface area contributed by atoms with Crippen molar-refractivity contribution in [1.29, 1.82) is 0 Å². The lowest BCUT2D eigenvalue weighted by molar-refractivity contribution is 0.112. The highest BCUT2D eigenvalue weighted by Crippen LogP contribution is 2.20. The molecule has 2 aromatic carbocycles. The number of hydrogen-bond donors (Lipinski definition) is 0. The van der Waals surface area contributed by atoms with Gasteiger partial charge in [-0.2, -0.15) is 0 Å². The molecule has 0 N–H and O–H groups in total. The number of anilines is 1. The molecule has 0 radical (unpaired) electrons. The Morgan fingerprint density at radius 2 is 1.48 bits per heavy atom. The summed E-state index contributed by atoms with van der Waals surface area (Å²) in [6.07, 6.45) is 0.950. The van der Waals surface area contributed by atoms with Gasteiger partial charge in [-0.05, 0) is 17.7 Å². The Morgan fingerprint density at radius 1 is 0.870 bits per heavy atom. The maximum Gasteiger partial charge on any atom is 0.152 e. The van der Waals surface area contributed by atoms with Gasteiger partial charge in [-0.1, -0.05) is 56.3 Å². The molecule has 0 bridgehead atoms. The van der Waals surface area contributed by atoms with E-state index in [0.717, 1.165) is 50.3 Å². The molecule has 0 amide bonds. The van der Waals surface area contributed by atoms with Crippen LogP contribution in [0, 0.1) is 0 Å². The van der Waals surface area contributed by atoms with Crippen molar-refractivity contribution in [3.8, 4) is 0 Å². The SMILES string of the molecule is CC.O=Cc1ccccc1N1CCN(Cc2ccccc2)CC1. The molecule has 1 saturated heterocycles. The summed E-state index contributed by atoms with van der Waals surface area (Å²) in [5, 5.41) is 0. The van der Waals surface area contributed by atoms with E-state index in [-0.39, 0.29) is 0 Å². The molecule has 0 aromatic heterocycles. The van der Waals surface area contributed by atoms with Crippen LogP contribution in [-0.4, -0.2) is 37.4 Å². The van der Waals surface area contributed by atoms with Gasteiger partial charge in [0.1, 0.15) is 0 Å². The molecule has 3 heteroatoms. The zero-order valence-corrected chi connectivity index (χ0v) is 14.1. The van der Waals surface area contributed by atoms with Gasteiger partial charge in [-0.3, -0.25) is 9.69 Å². The maximum absolute atomic E-state index is 11.1. The van der Waals surface area contributed by atoms with Crippen LogP contribution in [-0.2, 0) is 6.54 Å². The van der Waals surface area contributed by atoms with Crippen molar-refractivity contribution in [2.24, 2.45) is 0 Å². The minimum atomic E-state index is 0.786. The number of hydrogen-bond acceptors (Lipinski definition) is 3. The molecule has 1 heterocycles. The number of benzene rings is 2. The van der Waals surface area contributed by atoms with Gasteiger partial charge in [0, 0.05) is 44.0 Å². The molecular formula is C20H26N2O. The molecule has 1 fully saturated rings. The van der Waals surface area contributed by atoms with Crippen LogP contribution >= 0.6 is 0 Å². The highest BCUT2D eigenvalue weighted by molar-refractivity contribution is 5.84. The summed E-state index contributed by atoms with van der Waals surface area (Å²) < 4.78 is 0. The van der Waals surface area contributed by atoms with Crippen molar-refractivity contribution >= 4 is 12.0 Å². The van der Waals surface area contributed by atoms with E-state index in [4.69, 9.17) is 0 Å². The fourth-order valence-corrected chi connectivity index (χ4v) is 2.86. The number of carbonyl (C=O) groups excluding carboxylic acids is 1. The molecule has 23 heavy (non-hydrogen) atoms. The summed E-state index contributed by atoms with van der Waals surface area (Å²) >= 11 is 0. The van der Waals surface area contributed by atoms with Gasteiger partial charge in [0.15, 0.2) is 6.29 Å². The standard InChI is InChI=1S/C18H20N2O.C2H6/c21-15-17-8-4-5-9-18(17)20-12-10-19(11-13-20)14-16-6-2-1-3-7-16;1-2/h1-9,15H,10-14H2;1-2H3. The van der Waals surface area contributed by atoms with Crippen LogP contribution < -0.4 is 4.90 Å². The van der Waals surface area contributed by atoms with Crippen LogP contribution in [0.3, 0.4) is 0 Å². The minimum absolute atomic E-state index is 0.786. The normalized spacial score (nSPS) is 14.8. The number of para-hydroxylation sites is 1. The van der Waals surface area contributed by atoms with Crippen LogP contribution in [0.25, 0.3) is 0 Å². The van der Waals surface area contributed by atoms with Crippen molar-refractivity contribution in [3.63, 3.8) is 0 Å². The molecule has 0 saturated carbocycles. The Bertz CT molecular complexity index is 590. The van der Waals surface area contributed by atoms with E-state index >= 15 is 0 Å². The topological polar surface area (TPSA) is 23.6 Å². The summed E-state index contributed by atoms with van der Waals surface area (Å²) in [6, 6.07) is 18.4. The van der Waals surface area contributed by atoms with Crippen molar-refractivity contribution < 1.29 is 4.79 Å². The van der Waals surface area contributed by atoms with Gasteiger partial charge in [0.05, 0.1) is 0 Å². The van der Waals surface area contributed by atoms with Gasteiger partial charge in [0.25, 0.3) is 0 Å². The summed E-state index contributed by atoms with van der Waals surface area (Å²) in [7, 11) is 0. The summed E-state index contributed by atoms with van der Waals surface area (Å²) in [5.41, 5.74) is 3.21. The Hall–Kier alpha value is -2.13. The lowest BCUT2D eigenvalue weighted by Crippen LogP contribution is -2.46. The first-order valence-corrected chi connectivity index (χ1v) is 8.42. The average molecular weight is 310 g/mol. The molecule has 1 aliphatic heterocycles. The second kappa shape index (κ2) is 9.11. The van der Waals surface area contributed by atoms with Crippen LogP contribution in [0.15, 0.2) is 54.6 Å². The number of nitrogens with zero attached hydrogens (tertiary/aromatic N) is 2. The second-order valence-electron chi connectivity index (χ2n) is 5.43. The van der Waals surface area contributed by atoms with E-state index in [9.17, 15) is 4.79 Å². The molecule has 2 aromatic rings. The highest BCUT2D eigenvalue weighted by Gasteiger charge is 2.18. The number of piperazine rings is 1. The number of carbonyl (C=O) groups is 1. The van der Waals surface area contributed by atoms with Gasteiger partial charge in [0.2, 0.25) is 0 Å². The first-order valence-electron chi connectivity index (χ1n) is 8.42. The molecule has 0 spiro atoms. The van der Waals surface area contributed by atoms with E-state index in [0.29, 0.717) is 0 Å². The largest absolute Gasteiger partial charge is 0.368 e. The van der Waals surface area contributed by atoms with Crippen LogP contribution in [0.1, 0.15) is 29.8 Å². The molecule has 3 rings (SSSR count). The van der Waals surface area contributed by atoms with E-state index < -0.39 is 0 Å². The van der Waals surface area contributed by atoms with E-state index in [2.05, 4.69) is 40.1 Å². The fraction of sp³-hybridized carbons (Fsp3) is 0.350. The predicted molar refractivity (Wildman–Crippen MR) is 97.1 cm³/mol. The van der Waals surface area contributed by atoms with E-state index in [1.165, 1.54) is 5.56 Å². The molecule has 0 atom stereocenters. The minimum Gasteiger partial charge on any atom is -0.368 e. The Labute approximate surface area is 139 Å². The lowest BCUT2D eigenvalue weighted by Gasteiger charge is -2.36. The quantitative estimate of drug-likeness (QED) is 0.802.